The van der Waals surface area contributed by atoms with Crippen LogP contribution in [0, 0.1) is 5.92 Å². The van der Waals surface area contributed by atoms with Gasteiger partial charge in [-0.2, -0.15) is 0 Å². The van der Waals surface area contributed by atoms with Crippen LogP contribution in [-0.2, 0) is 9.53 Å². The number of carbonyl (C=O) groups excluding carboxylic acids is 1. The van der Waals surface area contributed by atoms with Crippen molar-refractivity contribution in [3.05, 3.63) is 24.0 Å². The molecular formula is C13H16N2O4. The molecule has 0 bridgehead atoms. The first-order valence-corrected chi connectivity index (χ1v) is 6.08. The second-order valence-electron chi connectivity index (χ2n) is 4.63. The SMILES string of the molecule is COC(=O)c1cc(N2CCC(C)C2C(=O)O)ccn1. The van der Waals surface area contributed by atoms with Crippen molar-refractivity contribution in [3.63, 3.8) is 0 Å². The van der Waals surface area contributed by atoms with Gasteiger partial charge in [-0.05, 0) is 24.5 Å². The van der Waals surface area contributed by atoms with Crippen LogP contribution in [0.15, 0.2) is 18.3 Å². The quantitative estimate of drug-likeness (QED) is 0.825. The van der Waals surface area contributed by atoms with Crippen molar-refractivity contribution in [2.45, 2.75) is 19.4 Å². The monoisotopic (exact) mass is 264 g/mol. The van der Waals surface area contributed by atoms with Crippen molar-refractivity contribution in [2.75, 3.05) is 18.6 Å². The molecular weight excluding hydrogens is 248 g/mol. The highest BCUT2D eigenvalue weighted by Crippen LogP contribution is 2.29. The Morgan fingerprint density at radius 2 is 2.26 bits per heavy atom. The fraction of sp³-hybridized carbons (Fsp3) is 0.462. The fourth-order valence-corrected chi connectivity index (χ4v) is 2.43. The van der Waals surface area contributed by atoms with Crippen molar-refractivity contribution >= 4 is 17.6 Å². The summed E-state index contributed by atoms with van der Waals surface area (Å²) in [6.07, 6.45) is 2.30. The van der Waals surface area contributed by atoms with E-state index < -0.39 is 18.0 Å². The van der Waals surface area contributed by atoms with Crippen LogP contribution in [0.1, 0.15) is 23.8 Å². The van der Waals surface area contributed by atoms with E-state index in [2.05, 4.69) is 9.72 Å². The number of nitrogens with zero attached hydrogens (tertiary/aromatic N) is 2. The highest BCUT2D eigenvalue weighted by atomic mass is 16.5. The van der Waals surface area contributed by atoms with Gasteiger partial charge < -0.3 is 14.7 Å². The van der Waals surface area contributed by atoms with E-state index in [0.29, 0.717) is 12.2 Å². The molecule has 102 valence electrons. The highest BCUT2D eigenvalue weighted by Gasteiger charge is 2.37. The molecule has 0 radical (unpaired) electrons. The number of methoxy groups -OCH3 is 1. The number of esters is 1. The summed E-state index contributed by atoms with van der Waals surface area (Å²) in [5, 5.41) is 9.29. The van der Waals surface area contributed by atoms with E-state index in [0.717, 1.165) is 6.42 Å². The Hall–Kier alpha value is -2.11. The number of carbonyl (C=O) groups is 2. The number of anilines is 1. The van der Waals surface area contributed by atoms with Gasteiger partial charge in [-0.25, -0.2) is 14.6 Å². The van der Waals surface area contributed by atoms with Crippen LogP contribution in [0.3, 0.4) is 0 Å². The fourth-order valence-electron chi connectivity index (χ4n) is 2.43. The number of aliphatic carboxylic acids is 1. The molecule has 2 heterocycles. The summed E-state index contributed by atoms with van der Waals surface area (Å²) in [6, 6.07) is 2.72. The Kier molecular flexibility index (Phi) is 3.69. The highest BCUT2D eigenvalue weighted by molar-refractivity contribution is 5.88. The van der Waals surface area contributed by atoms with Crippen LogP contribution < -0.4 is 4.90 Å². The predicted octanol–water partition coefficient (Wildman–Crippen LogP) is 1.17. The van der Waals surface area contributed by atoms with E-state index in [1.807, 2.05) is 6.92 Å². The van der Waals surface area contributed by atoms with Crippen LogP contribution in [0.4, 0.5) is 5.69 Å². The largest absolute Gasteiger partial charge is 0.480 e. The van der Waals surface area contributed by atoms with Crippen LogP contribution in [0.25, 0.3) is 0 Å². The zero-order chi connectivity index (χ0) is 14.0. The number of ether oxygens (including phenoxy) is 1. The molecule has 6 nitrogen and oxygen atoms in total. The summed E-state index contributed by atoms with van der Waals surface area (Å²) in [5.41, 5.74) is 0.871. The van der Waals surface area contributed by atoms with Crippen LogP contribution >= 0.6 is 0 Å². The number of carboxylic acid groups (broad SMARTS) is 1. The Labute approximate surface area is 111 Å². The predicted molar refractivity (Wildman–Crippen MR) is 68.1 cm³/mol. The summed E-state index contributed by atoms with van der Waals surface area (Å²) in [5.74, 6) is -1.30. The Bertz CT molecular complexity index is 503. The molecule has 2 atom stereocenters. The summed E-state index contributed by atoms with van der Waals surface area (Å²) in [6.45, 7) is 2.57. The molecule has 2 rings (SSSR count). The molecule has 1 fully saturated rings. The molecule has 1 aromatic heterocycles. The van der Waals surface area contributed by atoms with Gasteiger partial charge in [-0.15, -0.1) is 0 Å². The van der Waals surface area contributed by atoms with Gasteiger partial charge in [0, 0.05) is 18.4 Å². The minimum absolute atomic E-state index is 0.0761. The standard InChI is InChI=1S/C13H16N2O4/c1-8-4-6-15(11(8)12(16)17)9-3-5-14-10(7-9)13(18)19-2/h3,5,7-8,11H,4,6H2,1-2H3,(H,16,17). The zero-order valence-corrected chi connectivity index (χ0v) is 10.9. The summed E-state index contributed by atoms with van der Waals surface area (Å²) in [7, 11) is 1.29. The minimum atomic E-state index is -0.846. The molecule has 0 aliphatic carbocycles. The average Bonchev–Trinajstić information content (AvgIpc) is 2.80. The first-order valence-electron chi connectivity index (χ1n) is 6.08. The molecule has 1 saturated heterocycles. The summed E-state index contributed by atoms with van der Waals surface area (Å²) >= 11 is 0. The smallest absolute Gasteiger partial charge is 0.356 e. The normalized spacial score (nSPS) is 22.3. The maximum atomic E-state index is 11.4. The summed E-state index contributed by atoms with van der Waals surface area (Å²) in [4.78, 5) is 28.5. The van der Waals surface area contributed by atoms with Crippen molar-refractivity contribution in [1.29, 1.82) is 0 Å². The molecule has 0 spiro atoms. The minimum Gasteiger partial charge on any atom is -0.480 e. The third-order valence-electron chi connectivity index (χ3n) is 3.42. The molecule has 1 aliphatic heterocycles. The van der Waals surface area contributed by atoms with Gasteiger partial charge in [0.1, 0.15) is 11.7 Å². The Morgan fingerprint density at radius 1 is 1.53 bits per heavy atom. The van der Waals surface area contributed by atoms with Gasteiger partial charge in [0.25, 0.3) is 0 Å². The molecule has 6 heteroatoms. The van der Waals surface area contributed by atoms with Gasteiger partial charge in [-0.3, -0.25) is 0 Å². The number of aromatic nitrogens is 1. The van der Waals surface area contributed by atoms with Gasteiger partial charge in [-0.1, -0.05) is 6.92 Å². The number of pyridine rings is 1. The average molecular weight is 264 g/mol. The summed E-state index contributed by atoms with van der Waals surface area (Å²) < 4.78 is 4.61. The lowest BCUT2D eigenvalue weighted by Gasteiger charge is -2.25. The van der Waals surface area contributed by atoms with E-state index in [9.17, 15) is 14.7 Å². The molecule has 1 N–H and O–H groups in total. The van der Waals surface area contributed by atoms with E-state index in [4.69, 9.17) is 0 Å². The number of rotatable bonds is 3. The number of hydrogen-bond donors (Lipinski definition) is 1. The zero-order valence-electron chi connectivity index (χ0n) is 10.9. The van der Waals surface area contributed by atoms with Crippen LogP contribution in [0.2, 0.25) is 0 Å². The van der Waals surface area contributed by atoms with Crippen molar-refractivity contribution in [3.8, 4) is 0 Å². The number of carboxylic acids is 1. The van der Waals surface area contributed by atoms with E-state index in [1.54, 1.807) is 17.0 Å². The molecule has 2 unspecified atom stereocenters. The lowest BCUT2D eigenvalue weighted by molar-refractivity contribution is -0.139. The first-order chi connectivity index (χ1) is 9.04. The Morgan fingerprint density at radius 3 is 2.89 bits per heavy atom. The van der Waals surface area contributed by atoms with Gasteiger partial charge >= 0.3 is 11.9 Å². The van der Waals surface area contributed by atoms with Crippen molar-refractivity contribution in [1.82, 2.24) is 4.98 Å². The first kappa shape index (κ1) is 13.3. The van der Waals surface area contributed by atoms with E-state index in [1.165, 1.54) is 13.3 Å². The van der Waals surface area contributed by atoms with Crippen LogP contribution in [0.5, 0.6) is 0 Å². The number of hydrogen-bond acceptors (Lipinski definition) is 5. The van der Waals surface area contributed by atoms with Crippen molar-refractivity contribution < 1.29 is 19.4 Å². The second kappa shape index (κ2) is 5.26. The molecule has 0 aromatic carbocycles. The maximum Gasteiger partial charge on any atom is 0.356 e. The third kappa shape index (κ3) is 2.52. The van der Waals surface area contributed by atoms with Gasteiger partial charge in [0.15, 0.2) is 0 Å². The lowest BCUT2D eigenvalue weighted by Crippen LogP contribution is -2.39. The lowest BCUT2D eigenvalue weighted by atomic mass is 10.0. The van der Waals surface area contributed by atoms with Crippen molar-refractivity contribution in [2.24, 2.45) is 5.92 Å². The molecule has 1 aliphatic rings. The van der Waals surface area contributed by atoms with E-state index >= 15 is 0 Å². The topological polar surface area (TPSA) is 79.7 Å². The third-order valence-corrected chi connectivity index (χ3v) is 3.42. The molecule has 1 aromatic rings. The molecule has 0 saturated carbocycles. The van der Waals surface area contributed by atoms with Crippen LogP contribution in [-0.4, -0.2) is 41.7 Å². The second-order valence-corrected chi connectivity index (χ2v) is 4.63. The molecule has 19 heavy (non-hydrogen) atoms. The Balaban J connectivity index is 2.31. The van der Waals surface area contributed by atoms with Gasteiger partial charge in [0.05, 0.1) is 7.11 Å². The van der Waals surface area contributed by atoms with E-state index in [-0.39, 0.29) is 11.6 Å². The molecule has 0 amide bonds. The van der Waals surface area contributed by atoms with Gasteiger partial charge in [0.2, 0.25) is 0 Å². The maximum absolute atomic E-state index is 11.4.